The molecular formula is C19H21N3O5S. The summed E-state index contributed by atoms with van der Waals surface area (Å²) < 4.78 is 31.6. The SMILES string of the molecule is CCN(CC)S(=O)(=O)c1ccc(C(=O)Nc2ccc3c(c2)NC(=O)CO3)cc1. The Morgan fingerprint density at radius 3 is 2.46 bits per heavy atom. The van der Waals surface area contributed by atoms with E-state index in [1.165, 1.54) is 28.6 Å². The van der Waals surface area contributed by atoms with Crippen LogP contribution in [0.2, 0.25) is 0 Å². The number of ether oxygens (including phenoxy) is 1. The molecule has 1 heterocycles. The second kappa shape index (κ2) is 7.99. The molecule has 0 saturated carbocycles. The van der Waals surface area contributed by atoms with Crippen LogP contribution in [0.3, 0.4) is 0 Å². The third kappa shape index (κ3) is 4.00. The van der Waals surface area contributed by atoms with Gasteiger partial charge >= 0.3 is 0 Å². The van der Waals surface area contributed by atoms with Gasteiger partial charge in [-0.25, -0.2) is 8.42 Å². The minimum absolute atomic E-state index is 0.0402. The first-order valence-corrected chi connectivity index (χ1v) is 10.3. The van der Waals surface area contributed by atoms with Gasteiger partial charge in [-0.2, -0.15) is 4.31 Å². The van der Waals surface area contributed by atoms with E-state index in [4.69, 9.17) is 4.74 Å². The Hall–Kier alpha value is -2.91. The maximum Gasteiger partial charge on any atom is 0.262 e. The lowest BCUT2D eigenvalue weighted by molar-refractivity contribution is -0.118. The molecule has 148 valence electrons. The van der Waals surface area contributed by atoms with E-state index in [0.717, 1.165) is 0 Å². The number of benzene rings is 2. The van der Waals surface area contributed by atoms with Gasteiger partial charge in [0.2, 0.25) is 10.0 Å². The zero-order valence-electron chi connectivity index (χ0n) is 15.6. The molecule has 2 aromatic rings. The van der Waals surface area contributed by atoms with E-state index >= 15 is 0 Å². The fraction of sp³-hybridized carbons (Fsp3) is 0.263. The minimum atomic E-state index is -3.57. The Kier molecular flexibility index (Phi) is 5.66. The Morgan fingerprint density at radius 1 is 1.14 bits per heavy atom. The average Bonchev–Trinajstić information content (AvgIpc) is 2.68. The van der Waals surface area contributed by atoms with Crippen LogP contribution < -0.4 is 15.4 Å². The van der Waals surface area contributed by atoms with E-state index in [-0.39, 0.29) is 17.4 Å². The number of carbonyl (C=O) groups excluding carboxylic acids is 2. The Balaban J connectivity index is 1.75. The van der Waals surface area contributed by atoms with Crippen LogP contribution in [0.1, 0.15) is 24.2 Å². The Bertz CT molecular complexity index is 999. The highest BCUT2D eigenvalue weighted by Gasteiger charge is 2.22. The first-order valence-electron chi connectivity index (χ1n) is 8.83. The molecule has 28 heavy (non-hydrogen) atoms. The van der Waals surface area contributed by atoms with Gasteiger partial charge in [0.1, 0.15) is 5.75 Å². The first-order chi connectivity index (χ1) is 13.3. The predicted molar refractivity (Wildman–Crippen MR) is 105 cm³/mol. The van der Waals surface area contributed by atoms with Gasteiger partial charge in [0, 0.05) is 24.3 Å². The molecule has 0 aliphatic carbocycles. The van der Waals surface area contributed by atoms with E-state index in [9.17, 15) is 18.0 Å². The summed E-state index contributed by atoms with van der Waals surface area (Å²) in [5.74, 6) is -0.126. The largest absolute Gasteiger partial charge is 0.482 e. The maximum absolute atomic E-state index is 12.5. The van der Waals surface area contributed by atoms with Gasteiger partial charge in [-0.05, 0) is 42.5 Å². The molecule has 0 radical (unpaired) electrons. The summed E-state index contributed by atoms with van der Waals surface area (Å²) >= 11 is 0. The van der Waals surface area contributed by atoms with Gasteiger partial charge in [0.05, 0.1) is 10.6 Å². The number of hydrogen-bond acceptors (Lipinski definition) is 5. The van der Waals surface area contributed by atoms with Gasteiger partial charge < -0.3 is 15.4 Å². The van der Waals surface area contributed by atoms with Crippen LogP contribution >= 0.6 is 0 Å². The third-order valence-electron chi connectivity index (χ3n) is 4.33. The van der Waals surface area contributed by atoms with Crippen molar-refractivity contribution in [2.75, 3.05) is 30.3 Å². The summed E-state index contributed by atoms with van der Waals surface area (Å²) in [4.78, 5) is 24.0. The second-order valence-corrected chi connectivity index (χ2v) is 8.05. The summed E-state index contributed by atoms with van der Waals surface area (Å²) in [6, 6.07) is 10.7. The van der Waals surface area contributed by atoms with E-state index in [1.807, 2.05) is 0 Å². The van der Waals surface area contributed by atoms with Crippen LogP contribution in [0.4, 0.5) is 11.4 Å². The lowest BCUT2D eigenvalue weighted by atomic mass is 10.2. The van der Waals surface area contributed by atoms with Crippen LogP contribution in [0.25, 0.3) is 0 Å². The summed E-state index contributed by atoms with van der Waals surface area (Å²) in [5, 5.41) is 5.39. The molecule has 1 aliphatic heterocycles. The fourth-order valence-electron chi connectivity index (χ4n) is 2.86. The summed E-state index contributed by atoms with van der Waals surface area (Å²) in [6.45, 7) is 4.25. The number of nitrogens with zero attached hydrogens (tertiary/aromatic N) is 1. The van der Waals surface area contributed by atoms with Crippen LogP contribution in [0.15, 0.2) is 47.4 Å². The quantitative estimate of drug-likeness (QED) is 0.770. The van der Waals surface area contributed by atoms with Crippen molar-refractivity contribution in [3.05, 3.63) is 48.0 Å². The summed E-state index contributed by atoms with van der Waals surface area (Å²) in [7, 11) is -3.57. The molecule has 2 N–H and O–H groups in total. The topological polar surface area (TPSA) is 105 Å². The number of fused-ring (bicyclic) bond motifs is 1. The second-order valence-electron chi connectivity index (χ2n) is 6.12. The van der Waals surface area contributed by atoms with E-state index in [1.54, 1.807) is 32.0 Å². The molecule has 0 saturated heterocycles. The van der Waals surface area contributed by atoms with Crippen LogP contribution in [-0.2, 0) is 14.8 Å². The molecule has 2 aromatic carbocycles. The molecule has 0 atom stereocenters. The van der Waals surface area contributed by atoms with E-state index < -0.39 is 15.9 Å². The molecular weight excluding hydrogens is 382 g/mol. The number of anilines is 2. The molecule has 0 fully saturated rings. The first kappa shape index (κ1) is 19.8. The van der Waals surface area contributed by atoms with Crippen molar-refractivity contribution < 1.29 is 22.7 Å². The molecule has 1 aliphatic rings. The van der Waals surface area contributed by atoms with Crippen molar-refractivity contribution in [2.45, 2.75) is 18.7 Å². The lowest BCUT2D eigenvalue weighted by Crippen LogP contribution is -2.30. The number of rotatable bonds is 6. The highest BCUT2D eigenvalue weighted by Crippen LogP contribution is 2.30. The molecule has 8 nitrogen and oxygen atoms in total. The highest BCUT2D eigenvalue weighted by molar-refractivity contribution is 7.89. The average molecular weight is 403 g/mol. The van der Waals surface area contributed by atoms with Crippen molar-refractivity contribution in [2.24, 2.45) is 0 Å². The molecule has 0 spiro atoms. The maximum atomic E-state index is 12.5. The van der Waals surface area contributed by atoms with Crippen LogP contribution in [0.5, 0.6) is 5.75 Å². The van der Waals surface area contributed by atoms with E-state index in [0.29, 0.717) is 35.8 Å². The van der Waals surface area contributed by atoms with Crippen molar-refractivity contribution in [1.82, 2.24) is 4.31 Å². The van der Waals surface area contributed by atoms with Gasteiger partial charge in [0.25, 0.3) is 11.8 Å². The summed E-state index contributed by atoms with van der Waals surface area (Å²) in [6.07, 6.45) is 0. The van der Waals surface area contributed by atoms with Crippen molar-refractivity contribution in [3.8, 4) is 5.75 Å². The molecule has 3 rings (SSSR count). The minimum Gasteiger partial charge on any atom is -0.482 e. The normalized spacial score (nSPS) is 13.5. The Morgan fingerprint density at radius 2 is 1.82 bits per heavy atom. The van der Waals surface area contributed by atoms with Gasteiger partial charge in [-0.1, -0.05) is 13.8 Å². The molecule has 0 bridgehead atoms. The van der Waals surface area contributed by atoms with Crippen LogP contribution in [-0.4, -0.2) is 44.2 Å². The van der Waals surface area contributed by atoms with Gasteiger partial charge in [-0.15, -0.1) is 0 Å². The van der Waals surface area contributed by atoms with Gasteiger partial charge in [-0.3, -0.25) is 9.59 Å². The number of sulfonamides is 1. The van der Waals surface area contributed by atoms with Gasteiger partial charge in [0.15, 0.2) is 6.61 Å². The number of nitrogens with one attached hydrogen (secondary N) is 2. The number of amides is 2. The standard InChI is InChI=1S/C19H21N3O5S/c1-3-22(4-2)28(25,26)15-8-5-13(6-9-15)19(24)20-14-7-10-17-16(11-14)21-18(23)12-27-17/h5-11H,3-4,12H2,1-2H3,(H,20,24)(H,21,23). The molecule has 9 heteroatoms. The number of carbonyl (C=O) groups is 2. The monoisotopic (exact) mass is 403 g/mol. The Labute approximate surface area is 163 Å². The molecule has 2 amide bonds. The van der Waals surface area contributed by atoms with Crippen molar-refractivity contribution in [1.29, 1.82) is 0 Å². The molecule has 0 unspecified atom stereocenters. The summed E-state index contributed by atoms with van der Waals surface area (Å²) in [5.41, 5.74) is 1.28. The lowest BCUT2D eigenvalue weighted by Gasteiger charge is -2.19. The highest BCUT2D eigenvalue weighted by atomic mass is 32.2. The molecule has 0 aromatic heterocycles. The predicted octanol–water partition coefficient (Wildman–Crippen LogP) is 2.30. The smallest absolute Gasteiger partial charge is 0.262 e. The van der Waals surface area contributed by atoms with Crippen molar-refractivity contribution in [3.63, 3.8) is 0 Å². The zero-order chi connectivity index (χ0) is 20.3. The fourth-order valence-corrected chi connectivity index (χ4v) is 4.31. The van der Waals surface area contributed by atoms with Crippen LogP contribution in [0, 0.1) is 0 Å². The van der Waals surface area contributed by atoms with E-state index in [2.05, 4.69) is 10.6 Å². The third-order valence-corrected chi connectivity index (χ3v) is 6.39. The zero-order valence-corrected chi connectivity index (χ0v) is 16.4. The number of hydrogen-bond donors (Lipinski definition) is 2. The van der Waals surface area contributed by atoms with Crippen molar-refractivity contribution >= 4 is 33.2 Å².